The molecule has 0 fully saturated rings. The molecule has 0 saturated heterocycles. The highest BCUT2D eigenvalue weighted by Gasteiger charge is 2.52. The molecule has 4 aliphatic heterocycles. The third kappa shape index (κ3) is 9.54. The van der Waals surface area contributed by atoms with E-state index in [0.29, 0.717) is 11.8 Å². The van der Waals surface area contributed by atoms with Crippen molar-refractivity contribution < 1.29 is 9.47 Å². The first-order valence-electron chi connectivity index (χ1n) is 34.2. The van der Waals surface area contributed by atoms with Crippen LogP contribution in [0.5, 0.6) is 23.0 Å². The van der Waals surface area contributed by atoms with Gasteiger partial charge < -0.3 is 18.9 Å². The molecule has 0 unspecified atom stereocenters. The summed E-state index contributed by atoms with van der Waals surface area (Å²) < 4.78 is 18.5. The highest BCUT2D eigenvalue weighted by molar-refractivity contribution is 7.02. The Morgan fingerprint density at radius 1 is 0.330 bits per heavy atom. The van der Waals surface area contributed by atoms with Crippen LogP contribution in [-0.2, 0) is 21.7 Å². The van der Waals surface area contributed by atoms with Gasteiger partial charge in [0.15, 0.2) is 0 Å². The van der Waals surface area contributed by atoms with Gasteiger partial charge in [-0.2, -0.15) is 0 Å². The summed E-state index contributed by atoms with van der Waals surface area (Å²) in [7, 11) is 0. The van der Waals surface area contributed by atoms with Gasteiger partial charge in [0.2, 0.25) is 0 Å². The van der Waals surface area contributed by atoms with Crippen LogP contribution in [0.15, 0.2) is 206 Å². The summed E-state index contributed by atoms with van der Waals surface area (Å²) in [4.78, 5) is 2.54. The van der Waals surface area contributed by atoms with Gasteiger partial charge in [-0.05, 0) is 182 Å². The van der Waals surface area contributed by atoms with E-state index >= 15 is 0 Å². The van der Waals surface area contributed by atoms with Crippen LogP contribution in [0.3, 0.4) is 0 Å². The van der Waals surface area contributed by atoms with Gasteiger partial charge in [-0.3, -0.25) is 0 Å². The first-order valence-corrected chi connectivity index (χ1v) is 34.2. The molecule has 0 saturated carbocycles. The molecule has 6 heteroatoms. The molecule has 0 aliphatic carbocycles. The van der Waals surface area contributed by atoms with Gasteiger partial charge in [0.05, 0.1) is 16.9 Å². The number of rotatable bonds is 7. The lowest BCUT2D eigenvalue weighted by molar-refractivity contribution is 0.474. The number of nitrogens with zero attached hydrogens (tertiary/aromatic N) is 2. The maximum Gasteiger partial charge on any atom is 0.256 e. The molecule has 16 rings (SSSR count). The van der Waals surface area contributed by atoms with Crippen molar-refractivity contribution in [2.75, 3.05) is 4.90 Å². The van der Waals surface area contributed by atoms with E-state index in [1.807, 2.05) is 0 Å². The average Bonchev–Trinajstić information content (AvgIpc) is 1.18. The summed E-state index contributed by atoms with van der Waals surface area (Å²) in [6.45, 7) is 36.3. The molecular weight excluding hydrogens is 1140 g/mol. The zero-order valence-electron chi connectivity index (χ0n) is 57.7. The molecule has 0 radical (unpaired) electrons. The number of benzene rings is 11. The SMILES string of the molecule is CC(C)c1ccc2c(c1)B1c3cc(-c4ccc(C(C)(C)C)cc4)ccc3N(c3ccc(-c4ccc(C(C)(C)C)cc4)cc3)c3c4c5c(c(c31)O2)-n1c2ccc(-c3ccc(C(C)(C)C)cc3)cc2c2cc(-c3ccc(C(C)(C)C)cc3)cc(c21)B5c1cc(C(C)C)ccc1O4. The fraction of sp³-hybridized carbons (Fsp3) is 0.250. The van der Waals surface area contributed by atoms with Gasteiger partial charge in [-0.15, -0.1) is 0 Å². The van der Waals surface area contributed by atoms with Crippen LogP contribution in [0, 0.1) is 0 Å². The van der Waals surface area contributed by atoms with Crippen molar-refractivity contribution in [2.24, 2.45) is 0 Å². The molecule has 11 aromatic carbocycles. The molecule has 0 bridgehead atoms. The van der Waals surface area contributed by atoms with Gasteiger partial charge in [0, 0.05) is 38.6 Å². The quantitative estimate of drug-likeness (QED) is 0.149. The number of anilines is 3. The number of hydrogen-bond donors (Lipinski definition) is 0. The van der Waals surface area contributed by atoms with Crippen LogP contribution in [0.2, 0.25) is 0 Å². The van der Waals surface area contributed by atoms with E-state index in [4.69, 9.17) is 9.47 Å². The summed E-state index contributed by atoms with van der Waals surface area (Å²) in [6, 6.07) is 79.7. The molecule has 94 heavy (non-hydrogen) atoms. The summed E-state index contributed by atoms with van der Waals surface area (Å²) in [6.07, 6.45) is 0. The third-order valence-corrected chi connectivity index (χ3v) is 21.1. The molecule has 0 N–H and O–H groups in total. The molecule has 5 heterocycles. The van der Waals surface area contributed by atoms with E-state index in [1.54, 1.807) is 0 Å². The summed E-state index contributed by atoms with van der Waals surface area (Å²) in [5.41, 5.74) is 31.1. The van der Waals surface area contributed by atoms with Crippen molar-refractivity contribution in [2.45, 2.75) is 144 Å². The number of hydrogen-bond acceptors (Lipinski definition) is 3. The van der Waals surface area contributed by atoms with Crippen LogP contribution < -0.4 is 47.2 Å². The lowest BCUT2D eigenvalue weighted by Gasteiger charge is -2.45. The van der Waals surface area contributed by atoms with Crippen molar-refractivity contribution >= 4 is 85.1 Å². The Kier molecular flexibility index (Phi) is 13.4. The number of ether oxygens (including phenoxy) is 2. The van der Waals surface area contributed by atoms with Gasteiger partial charge in [0.1, 0.15) is 23.0 Å². The standard InChI is InChI=1S/C88H84B2N2O2/c1-51(2)58-29-43-76-71(47-58)89-70-49-61(56-21-35-65(36-22-56)87(11,12)13)28-42-75(70)91(67-39-25-54(26-40-67)53-17-31-63(32-18-53)85(5,6)7)81-78(89)84(94-76)82-79-83(81)93-77-44-30-59(52(3)4)48-72(77)90(79)73-50-62(57-23-37-66(38-24-57)88(14,15)16)46-69-68-45-60(27-41-74(68)92(82)80(69)73)55-19-33-64(34-20-55)86(8,9)10/h17-52H,1-16H3. The normalized spacial score (nSPS) is 13.8. The van der Waals surface area contributed by atoms with Crippen LogP contribution in [0.25, 0.3) is 72.0 Å². The second-order valence-electron chi connectivity index (χ2n) is 32.2. The molecule has 0 spiro atoms. The predicted molar refractivity (Wildman–Crippen MR) is 403 cm³/mol. The zero-order valence-corrected chi connectivity index (χ0v) is 57.7. The Hall–Kier alpha value is -9.25. The minimum atomic E-state index is -0.238. The Morgan fingerprint density at radius 2 is 0.702 bits per heavy atom. The van der Waals surface area contributed by atoms with Crippen molar-refractivity contribution in [3.05, 3.63) is 240 Å². The maximum atomic E-state index is 7.97. The molecule has 1 aromatic heterocycles. The molecule has 4 aliphatic rings. The van der Waals surface area contributed by atoms with Gasteiger partial charge >= 0.3 is 0 Å². The Bertz CT molecular complexity index is 5080. The van der Waals surface area contributed by atoms with E-state index in [0.717, 1.165) is 62.2 Å². The molecule has 4 nitrogen and oxygen atoms in total. The first kappa shape index (κ1) is 59.7. The van der Waals surface area contributed by atoms with Crippen LogP contribution in [-0.4, -0.2) is 18.0 Å². The molecule has 0 atom stereocenters. The Morgan fingerprint density at radius 3 is 1.17 bits per heavy atom. The lowest BCUT2D eigenvalue weighted by atomic mass is 9.31. The smallest absolute Gasteiger partial charge is 0.256 e. The largest absolute Gasteiger partial charge is 0.456 e. The third-order valence-electron chi connectivity index (χ3n) is 21.1. The summed E-state index contributed by atoms with van der Waals surface area (Å²) in [5, 5.41) is 2.42. The van der Waals surface area contributed by atoms with Crippen molar-refractivity contribution in [3.63, 3.8) is 0 Å². The maximum absolute atomic E-state index is 7.97. The summed E-state index contributed by atoms with van der Waals surface area (Å²) >= 11 is 0. The highest BCUT2D eigenvalue weighted by Crippen LogP contribution is 2.53. The number of aromatic nitrogens is 1. The summed E-state index contributed by atoms with van der Waals surface area (Å²) in [5.74, 6) is 4.09. The zero-order chi connectivity index (χ0) is 65.4. The highest BCUT2D eigenvalue weighted by atomic mass is 16.5. The van der Waals surface area contributed by atoms with Crippen molar-refractivity contribution in [1.82, 2.24) is 4.57 Å². The fourth-order valence-electron chi connectivity index (χ4n) is 15.6. The van der Waals surface area contributed by atoms with Crippen LogP contribution >= 0.6 is 0 Å². The van der Waals surface area contributed by atoms with Gasteiger partial charge in [-0.1, -0.05) is 269 Å². The Labute approximate surface area is 557 Å². The van der Waals surface area contributed by atoms with Crippen molar-refractivity contribution in [1.29, 1.82) is 0 Å². The number of fused-ring (bicyclic) bond motifs is 13. The minimum absolute atomic E-state index is 0.0105. The molecule has 0 amide bonds. The predicted octanol–water partition coefficient (Wildman–Crippen LogP) is 20.2. The Balaban J connectivity index is 1.03. The fourth-order valence-corrected chi connectivity index (χ4v) is 15.6. The van der Waals surface area contributed by atoms with Crippen molar-refractivity contribution in [3.8, 4) is 73.2 Å². The molecule has 12 aromatic rings. The lowest BCUT2D eigenvalue weighted by Crippen LogP contribution is -2.63. The van der Waals surface area contributed by atoms with E-state index < -0.39 is 0 Å². The van der Waals surface area contributed by atoms with Gasteiger partial charge in [0.25, 0.3) is 13.4 Å². The van der Waals surface area contributed by atoms with E-state index in [1.165, 1.54) is 116 Å². The first-order chi connectivity index (χ1) is 44.8. The van der Waals surface area contributed by atoms with E-state index in [2.05, 4.69) is 327 Å². The molecular formula is C88H84B2N2O2. The topological polar surface area (TPSA) is 26.6 Å². The van der Waals surface area contributed by atoms with E-state index in [9.17, 15) is 0 Å². The van der Waals surface area contributed by atoms with Crippen LogP contribution in [0.1, 0.15) is 156 Å². The molecule has 464 valence electrons. The minimum Gasteiger partial charge on any atom is -0.456 e. The second kappa shape index (κ2) is 21.1. The van der Waals surface area contributed by atoms with Gasteiger partial charge in [-0.25, -0.2) is 0 Å². The monoisotopic (exact) mass is 1220 g/mol. The van der Waals surface area contributed by atoms with E-state index in [-0.39, 0.29) is 35.1 Å². The second-order valence-corrected chi connectivity index (χ2v) is 32.2. The van der Waals surface area contributed by atoms with Crippen LogP contribution in [0.4, 0.5) is 17.1 Å². The average molecular weight is 1220 g/mol.